The fourth-order valence-electron chi connectivity index (χ4n) is 2.42. The zero-order chi connectivity index (χ0) is 19.6. The molecule has 0 aliphatic heterocycles. The number of benzene rings is 2. The molecule has 8 heteroatoms. The van der Waals surface area contributed by atoms with Crippen LogP contribution in [0.5, 0.6) is 0 Å². The number of rotatable bonds is 5. The van der Waals surface area contributed by atoms with Crippen LogP contribution in [0.1, 0.15) is 15.4 Å². The summed E-state index contributed by atoms with van der Waals surface area (Å²) in [5, 5.41) is 3.58. The Kier molecular flexibility index (Phi) is 5.41. The van der Waals surface area contributed by atoms with Crippen LogP contribution in [0, 0.1) is 6.92 Å². The molecule has 0 bridgehead atoms. The summed E-state index contributed by atoms with van der Waals surface area (Å²) < 4.78 is 25.3. The number of aromatic nitrogens is 1. The zero-order valence-electron chi connectivity index (χ0n) is 15.1. The van der Waals surface area contributed by atoms with E-state index in [1.54, 1.807) is 19.1 Å². The molecule has 3 aromatic rings. The van der Waals surface area contributed by atoms with E-state index in [0.717, 1.165) is 14.9 Å². The highest BCUT2D eigenvalue weighted by molar-refractivity contribution is 7.89. The first-order valence-corrected chi connectivity index (χ1v) is 10.4. The number of carbonyl (C=O) groups is 1. The zero-order valence-corrected chi connectivity index (χ0v) is 16.8. The lowest BCUT2D eigenvalue weighted by Crippen LogP contribution is -2.22. The van der Waals surface area contributed by atoms with E-state index >= 15 is 0 Å². The van der Waals surface area contributed by atoms with Crippen molar-refractivity contribution in [3.63, 3.8) is 0 Å². The predicted molar refractivity (Wildman–Crippen MR) is 108 cm³/mol. The van der Waals surface area contributed by atoms with E-state index in [-0.39, 0.29) is 10.8 Å². The highest BCUT2D eigenvalue weighted by Gasteiger charge is 2.18. The van der Waals surface area contributed by atoms with Crippen molar-refractivity contribution in [2.45, 2.75) is 11.8 Å². The number of thiazole rings is 1. The summed E-state index contributed by atoms with van der Waals surface area (Å²) in [6, 6.07) is 15.8. The molecular weight excluding hydrogens is 382 g/mol. The molecule has 6 nitrogen and oxygen atoms in total. The van der Waals surface area contributed by atoms with Crippen molar-refractivity contribution in [1.82, 2.24) is 9.29 Å². The number of sulfonamides is 1. The van der Waals surface area contributed by atoms with Crippen molar-refractivity contribution >= 4 is 33.0 Å². The average Bonchev–Trinajstić information content (AvgIpc) is 3.04. The Morgan fingerprint density at radius 3 is 2.26 bits per heavy atom. The molecule has 0 aliphatic carbocycles. The summed E-state index contributed by atoms with van der Waals surface area (Å²) in [4.78, 5) is 17.8. The lowest BCUT2D eigenvalue weighted by Gasteiger charge is -2.11. The van der Waals surface area contributed by atoms with Crippen molar-refractivity contribution in [3.05, 3.63) is 65.2 Å². The van der Waals surface area contributed by atoms with Gasteiger partial charge in [0.1, 0.15) is 9.88 Å². The number of hydrogen-bond acceptors (Lipinski definition) is 5. The van der Waals surface area contributed by atoms with Gasteiger partial charge in [0.2, 0.25) is 10.0 Å². The van der Waals surface area contributed by atoms with Crippen LogP contribution in [0.2, 0.25) is 0 Å². The third kappa shape index (κ3) is 4.08. The van der Waals surface area contributed by atoms with Crippen LogP contribution in [0.25, 0.3) is 10.6 Å². The van der Waals surface area contributed by atoms with E-state index in [1.165, 1.54) is 37.6 Å². The number of carbonyl (C=O) groups excluding carboxylic acids is 1. The Balaban J connectivity index is 1.79. The smallest absolute Gasteiger partial charge is 0.267 e. The third-order valence-corrected chi connectivity index (χ3v) is 6.95. The first-order chi connectivity index (χ1) is 12.8. The van der Waals surface area contributed by atoms with Gasteiger partial charge in [0.15, 0.2) is 0 Å². The number of amides is 1. The second kappa shape index (κ2) is 7.59. The van der Waals surface area contributed by atoms with Gasteiger partial charge < -0.3 is 5.32 Å². The highest BCUT2D eigenvalue weighted by Crippen LogP contribution is 2.28. The van der Waals surface area contributed by atoms with Gasteiger partial charge in [-0.25, -0.2) is 17.7 Å². The Bertz CT molecular complexity index is 1060. The molecule has 0 atom stereocenters. The van der Waals surface area contributed by atoms with Gasteiger partial charge in [-0.05, 0) is 31.2 Å². The Morgan fingerprint density at radius 2 is 1.67 bits per heavy atom. The summed E-state index contributed by atoms with van der Waals surface area (Å²) in [7, 11) is -0.547. The van der Waals surface area contributed by atoms with Crippen LogP contribution in [0.3, 0.4) is 0 Å². The third-order valence-electron chi connectivity index (χ3n) is 3.91. The molecule has 2 aromatic carbocycles. The van der Waals surface area contributed by atoms with Gasteiger partial charge in [-0.15, -0.1) is 11.3 Å². The first kappa shape index (κ1) is 19.2. The van der Waals surface area contributed by atoms with Crippen molar-refractivity contribution < 1.29 is 13.2 Å². The van der Waals surface area contributed by atoms with Crippen LogP contribution in [-0.4, -0.2) is 37.7 Å². The lowest BCUT2D eigenvalue weighted by molar-refractivity contribution is 0.103. The van der Waals surface area contributed by atoms with E-state index in [0.29, 0.717) is 16.3 Å². The predicted octanol–water partition coefficient (Wildman–Crippen LogP) is 3.62. The lowest BCUT2D eigenvalue weighted by atomic mass is 10.2. The van der Waals surface area contributed by atoms with Gasteiger partial charge in [-0.2, -0.15) is 0 Å². The molecule has 0 radical (unpaired) electrons. The fraction of sp³-hybridized carbons (Fsp3) is 0.158. The van der Waals surface area contributed by atoms with E-state index in [1.807, 2.05) is 30.3 Å². The van der Waals surface area contributed by atoms with Crippen LogP contribution in [-0.2, 0) is 10.0 Å². The quantitative estimate of drug-likeness (QED) is 0.708. The van der Waals surface area contributed by atoms with Gasteiger partial charge in [0, 0.05) is 25.3 Å². The minimum Gasteiger partial charge on any atom is -0.321 e. The van der Waals surface area contributed by atoms with Crippen molar-refractivity contribution in [2.75, 3.05) is 19.4 Å². The molecule has 1 heterocycles. The maximum absolute atomic E-state index is 12.6. The van der Waals surface area contributed by atoms with Gasteiger partial charge >= 0.3 is 0 Å². The maximum atomic E-state index is 12.6. The van der Waals surface area contributed by atoms with Crippen molar-refractivity contribution in [3.8, 4) is 10.6 Å². The minimum atomic E-state index is -3.50. The molecule has 0 saturated heterocycles. The summed E-state index contributed by atoms with van der Waals surface area (Å²) >= 11 is 1.33. The fourth-order valence-corrected chi connectivity index (χ4v) is 4.29. The van der Waals surface area contributed by atoms with Gasteiger partial charge in [-0.3, -0.25) is 4.79 Å². The Morgan fingerprint density at radius 1 is 1.04 bits per heavy atom. The highest BCUT2D eigenvalue weighted by atomic mass is 32.2. The summed E-state index contributed by atoms with van der Waals surface area (Å²) in [6.45, 7) is 1.80. The number of nitrogens with zero attached hydrogens (tertiary/aromatic N) is 2. The van der Waals surface area contributed by atoms with Gasteiger partial charge in [0.25, 0.3) is 5.91 Å². The number of nitrogens with one attached hydrogen (secondary N) is 1. The monoisotopic (exact) mass is 401 g/mol. The van der Waals surface area contributed by atoms with Crippen LogP contribution >= 0.6 is 11.3 Å². The van der Waals surface area contributed by atoms with Gasteiger partial charge in [0.05, 0.1) is 10.6 Å². The van der Waals surface area contributed by atoms with Crippen molar-refractivity contribution in [2.24, 2.45) is 0 Å². The topological polar surface area (TPSA) is 79.4 Å². The van der Waals surface area contributed by atoms with Crippen LogP contribution < -0.4 is 5.32 Å². The van der Waals surface area contributed by atoms with E-state index in [4.69, 9.17) is 0 Å². The Labute approximate surface area is 162 Å². The van der Waals surface area contributed by atoms with E-state index in [9.17, 15) is 13.2 Å². The second-order valence-electron chi connectivity index (χ2n) is 6.07. The number of hydrogen-bond donors (Lipinski definition) is 1. The summed E-state index contributed by atoms with van der Waals surface area (Å²) in [5.41, 5.74) is 2.14. The number of aryl methyl sites for hydroxylation is 1. The normalized spacial score (nSPS) is 11.6. The molecule has 3 rings (SSSR count). The molecule has 0 aliphatic rings. The van der Waals surface area contributed by atoms with E-state index < -0.39 is 10.0 Å². The maximum Gasteiger partial charge on any atom is 0.267 e. The molecule has 0 unspecified atom stereocenters. The molecule has 27 heavy (non-hydrogen) atoms. The molecule has 0 fully saturated rings. The Hall–Kier alpha value is -2.55. The van der Waals surface area contributed by atoms with E-state index in [2.05, 4.69) is 10.3 Å². The summed E-state index contributed by atoms with van der Waals surface area (Å²) in [6.07, 6.45) is 0. The standard InChI is InChI=1S/C19H19N3O3S2/c1-13-17(26-19(20-13)14-7-5-4-6-8-14)18(23)21-15-9-11-16(12-10-15)27(24,25)22(2)3/h4-12H,1-3H3,(H,21,23). The average molecular weight is 402 g/mol. The largest absolute Gasteiger partial charge is 0.321 e. The summed E-state index contributed by atoms with van der Waals surface area (Å²) in [5.74, 6) is -0.268. The van der Waals surface area contributed by atoms with Gasteiger partial charge in [-0.1, -0.05) is 30.3 Å². The first-order valence-electron chi connectivity index (χ1n) is 8.16. The number of anilines is 1. The molecule has 0 saturated carbocycles. The molecule has 0 spiro atoms. The van der Waals surface area contributed by atoms with Crippen molar-refractivity contribution in [1.29, 1.82) is 0 Å². The second-order valence-corrected chi connectivity index (χ2v) is 9.22. The molecule has 1 amide bonds. The van der Waals surface area contributed by atoms with Crippen LogP contribution in [0.4, 0.5) is 5.69 Å². The molecular formula is C19H19N3O3S2. The molecule has 1 N–H and O–H groups in total. The minimum absolute atomic E-state index is 0.172. The molecule has 140 valence electrons. The SMILES string of the molecule is Cc1nc(-c2ccccc2)sc1C(=O)Nc1ccc(S(=O)(=O)N(C)C)cc1. The van der Waals surface area contributed by atoms with Crippen LogP contribution in [0.15, 0.2) is 59.5 Å². The molecule has 1 aromatic heterocycles.